The van der Waals surface area contributed by atoms with Gasteiger partial charge in [-0.3, -0.25) is 4.79 Å². The highest BCUT2D eigenvalue weighted by molar-refractivity contribution is 7.10. The van der Waals surface area contributed by atoms with Gasteiger partial charge in [0.1, 0.15) is 5.76 Å². The predicted octanol–water partition coefficient (Wildman–Crippen LogP) is 4.20. The summed E-state index contributed by atoms with van der Waals surface area (Å²) in [5, 5.41) is 7.28. The average Bonchev–Trinajstić information content (AvgIpc) is 3.04. The van der Waals surface area contributed by atoms with E-state index in [4.69, 9.17) is 15.2 Å². The summed E-state index contributed by atoms with van der Waals surface area (Å²) in [7, 11) is 0. The zero-order chi connectivity index (χ0) is 17.3. The van der Waals surface area contributed by atoms with E-state index in [9.17, 15) is 4.79 Å². The molecule has 3 unspecified atom stereocenters. The quantitative estimate of drug-likeness (QED) is 0.840. The number of hydrogen-bond acceptors (Lipinski definition) is 5. The summed E-state index contributed by atoms with van der Waals surface area (Å²) in [6.07, 6.45) is 5.11. The second-order valence-corrected chi connectivity index (χ2v) is 7.82. The summed E-state index contributed by atoms with van der Waals surface area (Å²) in [4.78, 5) is 16.3. The number of primary amides is 1. The average molecular weight is 347 g/mol. The van der Waals surface area contributed by atoms with Gasteiger partial charge in [0.15, 0.2) is 0 Å². The molecule has 1 aliphatic rings. The van der Waals surface area contributed by atoms with Crippen molar-refractivity contribution in [1.82, 2.24) is 10.1 Å². The van der Waals surface area contributed by atoms with Gasteiger partial charge in [0, 0.05) is 17.2 Å². The molecule has 0 radical (unpaired) electrons. The van der Waals surface area contributed by atoms with Crippen molar-refractivity contribution in [3.63, 3.8) is 0 Å². The maximum atomic E-state index is 11.4. The number of nitrogens with two attached hydrogens (primary N) is 1. The van der Waals surface area contributed by atoms with E-state index in [-0.39, 0.29) is 11.8 Å². The molecule has 24 heavy (non-hydrogen) atoms. The van der Waals surface area contributed by atoms with Crippen LogP contribution >= 0.6 is 11.3 Å². The minimum Gasteiger partial charge on any atom is -0.369 e. The maximum absolute atomic E-state index is 11.4. The highest BCUT2D eigenvalue weighted by Gasteiger charge is 2.28. The molecule has 2 heterocycles. The SMILES string of the molecule is Cc1noc(C)c1-c1csc(C(C)C2CCCC(C(N)=O)CC2)n1. The topological polar surface area (TPSA) is 82.0 Å². The van der Waals surface area contributed by atoms with Crippen molar-refractivity contribution in [2.24, 2.45) is 17.6 Å². The Hall–Kier alpha value is -1.69. The number of rotatable bonds is 4. The third-order valence-electron chi connectivity index (χ3n) is 5.32. The van der Waals surface area contributed by atoms with Gasteiger partial charge < -0.3 is 10.3 Å². The minimum absolute atomic E-state index is 0.0522. The van der Waals surface area contributed by atoms with E-state index in [1.807, 2.05) is 13.8 Å². The molecule has 6 heteroatoms. The Balaban J connectivity index is 1.74. The molecule has 2 aromatic heterocycles. The van der Waals surface area contributed by atoms with Crippen LogP contribution in [0.25, 0.3) is 11.3 Å². The molecule has 0 bridgehead atoms. The maximum Gasteiger partial charge on any atom is 0.220 e. The molecule has 5 nitrogen and oxygen atoms in total. The van der Waals surface area contributed by atoms with E-state index in [1.54, 1.807) is 11.3 Å². The van der Waals surface area contributed by atoms with Crippen molar-refractivity contribution < 1.29 is 9.32 Å². The second-order valence-electron chi connectivity index (χ2n) is 6.93. The van der Waals surface area contributed by atoms with Gasteiger partial charge in [-0.15, -0.1) is 11.3 Å². The Labute approximate surface area is 146 Å². The summed E-state index contributed by atoms with van der Waals surface area (Å²) in [5.74, 6) is 1.69. The number of nitrogens with zero attached hydrogens (tertiary/aromatic N) is 2. The largest absolute Gasteiger partial charge is 0.369 e. The Bertz CT molecular complexity index is 702. The monoisotopic (exact) mass is 347 g/mol. The molecule has 0 aliphatic heterocycles. The smallest absolute Gasteiger partial charge is 0.220 e. The lowest BCUT2D eigenvalue weighted by Gasteiger charge is -2.20. The van der Waals surface area contributed by atoms with Crippen LogP contribution < -0.4 is 5.73 Å². The lowest BCUT2D eigenvalue weighted by Crippen LogP contribution is -2.22. The van der Waals surface area contributed by atoms with E-state index in [0.717, 1.165) is 59.8 Å². The Morgan fingerprint density at radius 1 is 1.33 bits per heavy atom. The second kappa shape index (κ2) is 7.05. The van der Waals surface area contributed by atoms with Gasteiger partial charge in [0.2, 0.25) is 5.91 Å². The first-order valence-electron chi connectivity index (χ1n) is 8.65. The molecule has 0 aromatic carbocycles. The molecular formula is C18H25N3O2S. The van der Waals surface area contributed by atoms with Crippen molar-refractivity contribution in [1.29, 1.82) is 0 Å². The van der Waals surface area contributed by atoms with Crippen LogP contribution in [0.15, 0.2) is 9.90 Å². The van der Waals surface area contributed by atoms with Gasteiger partial charge in [-0.2, -0.15) is 0 Å². The number of aryl methyl sites for hydroxylation is 2. The van der Waals surface area contributed by atoms with Gasteiger partial charge in [0.05, 0.1) is 22.0 Å². The number of amides is 1. The molecule has 1 saturated carbocycles. The highest BCUT2D eigenvalue weighted by atomic mass is 32.1. The zero-order valence-corrected chi connectivity index (χ0v) is 15.4. The van der Waals surface area contributed by atoms with Gasteiger partial charge in [-0.05, 0) is 45.4 Å². The normalized spacial score (nSPS) is 23.0. The molecule has 2 aromatic rings. The number of aromatic nitrogens is 2. The number of hydrogen-bond donors (Lipinski definition) is 1. The summed E-state index contributed by atoms with van der Waals surface area (Å²) >= 11 is 1.71. The molecule has 3 atom stereocenters. The summed E-state index contributed by atoms with van der Waals surface area (Å²) < 4.78 is 5.26. The lowest BCUT2D eigenvalue weighted by molar-refractivity contribution is -0.122. The van der Waals surface area contributed by atoms with E-state index < -0.39 is 0 Å². The molecule has 130 valence electrons. The molecule has 1 fully saturated rings. The molecule has 3 rings (SSSR count). The first-order valence-corrected chi connectivity index (χ1v) is 9.53. The molecule has 2 N–H and O–H groups in total. The number of thiazole rings is 1. The fourth-order valence-electron chi connectivity index (χ4n) is 3.78. The van der Waals surface area contributed by atoms with Crippen LogP contribution in [-0.2, 0) is 4.79 Å². The third kappa shape index (κ3) is 3.38. The zero-order valence-electron chi connectivity index (χ0n) is 14.5. The van der Waals surface area contributed by atoms with Crippen LogP contribution in [0.4, 0.5) is 0 Å². The van der Waals surface area contributed by atoms with E-state index >= 15 is 0 Å². The van der Waals surface area contributed by atoms with Gasteiger partial charge in [-0.1, -0.05) is 18.5 Å². The molecule has 1 amide bonds. The summed E-state index contributed by atoms with van der Waals surface area (Å²) in [5.41, 5.74) is 8.35. The first kappa shape index (κ1) is 17.1. The van der Waals surface area contributed by atoms with Crippen molar-refractivity contribution in [3.8, 4) is 11.3 Å². The van der Waals surface area contributed by atoms with Crippen molar-refractivity contribution in [2.45, 2.75) is 58.8 Å². The lowest BCUT2D eigenvalue weighted by atomic mass is 9.87. The third-order valence-corrected chi connectivity index (χ3v) is 6.37. The predicted molar refractivity (Wildman–Crippen MR) is 94.8 cm³/mol. The van der Waals surface area contributed by atoms with E-state index in [2.05, 4.69) is 17.5 Å². The first-order chi connectivity index (χ1) is 11.5. The Morgan fingerprint density at radius 2 is 2.12 bits per heavy atom. The molecule has 1 aliphatic carbocycles. The fraction of sp³-hybridized carbons (Fsp3) is 0.611. The molecular weight excluding hydrogens is 322 g/mol. The number of carbonyl (C=O) groups is 1. The van der Waals surface area contributed by atoms with Crippen LogP contribution in [0.3, 0.4) is 0 Å². The van der Waals surface area contributed by atoms with Crippen LogP contribution in [-0.4, -0.2) is 16.0 Å². The summed E-state index contributed by atoms with van der Waals surface area (Å²) in [6, 6.07) is 0. The van der Waals surface area contributed by atoms with Crippen LogP contribution in [0.2, 0.25) is 0 Å². The van der Waals surface area contributed by atoms with Gasteiger partial charge >= 0.3 is 0 Å². The van der Waals surface area contributed by atoms with E-state index in [0.29, 0.717) is 11.8 Å². The van der Waals surface area contributed by atoms with Gasteiger partial charge in [-0.25, -0.2) is 4.98 Å². The van der Waals surface area contributed by atoms with Gasteiger partial charge in [0.25, 0.3) is 0 Å². The Kier molecular flexibility index (Phi) is 5.04. The highest BCUT2D eigenvalue weighted by Crippen LogP contribution is 2.39. The number of carbonyl (C=O) groups excluding carboxylic acids is 1. The molecule has 0 spiro atoms. The van der Waals surface area contributed by atoms with Crippen LogP contribution in [0.1, 0.15) is 61.4 Å². The minimum atomic E-state index is -0.141. The van der Waals surface area contributed by atoms with Crippen molar-refractivity contribution in [2.75, 3.05) is 0 Å². The fourth-order valence-corrected chi connectivity index (χ4v) is 4.74. The standard InChI is InChI=1S/C18H25N3O2S/c1-10(13-5-4-6-14(8-7-13)17(19)22)18-20-15(9-24-18)16-11(2)21-23-12(16)3/h9-10,13-14H,4-8H2,1-3H3,(H2,19,22). The van der Waals surface area contributed by atoms with Crippen LogP contribution in [0, 0.1) is 25.7 Å². The summed E-state index contributed by atoms with van der Waals surface area (Å²) in [6.45, 7) is 6.13. The van der Waals surface area contributed by atoms with E-state index in [1.165, 1.54) is 0 Å². The van der Waals surface area contributed by atoms with Crippen LogP contribution in [0.5, 0.6) is 0 Å². The van der Waals surface area contributed by atoms with Crippen molar-refractivity contribution in [3.05, 3.63) is 21.8 Å². The molecule has 0 saturated heterocycles. The van der Waals surface area contributed by atoms with Crippen molar-refractivity contribution >= 4 is 17.2 Å². The Morgan fingerprint density at radius 3 is 2.79 bits per heavy atom.